The monoisotopic (exact) mass is 284 g/mol. The molecule has 1 aromatic carbocycles. The second kappa shape index (κ2) is 6.36. The fourth-order valence-corrected chi connectivity index (χ4v) is 3.71. The summed E-state index contributed by atoms with van der Waals surface area (Å²) in [5.41, 5.74) is 1.45. The normalized spacial score (nSPS) is 20.2. The average Bonchev–Trinajstić information content (AvgIpc) is 2.42. The van der Waals surface area contributed by atoms with Gasteiger partial charge in [-0.2, -0.15) is 0 Å². The number of benzene rings is 1. The fourth-order valence-electron chi connectivity index (χ4n) is 2.22. The van der Waals surface area contributed by atoms with Crippen LogP contribution in [0.25, 0.3) is 0 Å². The van der Waals surface area contributed by atoms with Gasteiger partial charge in [0.1, 0.15) is 0 Å². The maximum Gasteiger partial charge on any atom is 0.236 e. The summed E-state index contributed by atoms with van der Waals surface area (Å²) >= 11 is 0. The maximum absolute atomic E-state index is 12.3. The molecule has 1 fully saturated rings. The predicted octanol–water partition coefficient (Wildman–Crippen LogP) is 1.33. The molecule has 0 aromatic heterocycles. The Bertz CT molecular complexity index is 510. The summed E-state index contributed by atoms with van der Waals surface area (Å²) in [5.74, 6) is 0. The zero-order valence-electron chi connectivity index (χ0n) is 11.1. The van der Waals surface area contributed by atoms with E-state index in [1.807, 2.05) is 18.2 Å². The summed E-state index contributed by atoms with van der Waals surface area (Å²) in [6, 6.07) is 7.31. The Labute approximate surface area is 114 Å². The topological polar surface area (TPSA) is 67.4 Å². The summed E-state index contributed by atoms with van der Waals surface area (Å²) in [4.78, 5) is 0. The molecule has 1 unspecified atom stereocenters. The van der Waals surface area contributed by atoms with Crippen molar-refractivity contribution in [3.05, 3.63) is 29.8 Å². The molecule has 19 heavy (non-hydrogen) atoms. The summed E-state index contributed by atoms with van der Waals surface area (Å²) in [6.07, 6.45) is 1.60. The van der Waals surface area contributed by atoms with Gasteiger partial charge in [0.25, 0.3) is 0 Å². The lowest BCUT2D eigenvalue weighted by molar-refractivity contribution is 0.185. The Kier molecular flexibility index (Phi) is 4.79. The van der Waals surface area contributed by atoms with E-state index in [0.29, 0.717) is 25.3 Å². The lowest BCUT2D eigenvalue weighted by Gasteiger charge is -2.24. The molecule has 0 bridgehead atoms. The van der Waals surface area contributed by atoms with Gasteiger partial charge in [0.05, 0.1) is 17.5 Å². The van der Waals surface area contributed by atoms with E-state index in [0.717, 1.165) is 18.5 Å². The van der Waals surface area contributed by atoms with Crippen LogP contribution in [0, 0.1) is 0 Å². The number of nitrogens with one attached hydrogen (secondary N) is 2. The van der Waals surface area contributed by atoms with Crippen molar-refractivity contribution in [2.75, 3.05) is 24.9 Å². The van der Waals surface area contributed by atoms with Crippen LogP contribution >= 0.6 is 0 Å². The van der Waals surface area contributed by atoms with Gasteiger partial charge in [-0.05, 0) is 25.5 Å². The van der Waals surface area contributed by atoms with Crippen LogP contribution in [0.2, 0.25) is 0 Å². The molecule has 1 atom stereocenters. The molecule has 2 N–H and O–H groups in total. The first-order chi connectivity index (χ1) is 9.13. The lowest BCUT2D eigenvalue weighted by atomic mass is 10.2. The molecular formula is C13H20N2O3S. The van der Waals surface area contributed by atoms with Gasteiger partial charge >= 0.3 is 0 Å². The minimum Gasteiger partial charge on any atom is -0.380 e. The molecule has 0 spiro atoms. The third kappa shape index (κ3) is 3.68. The van der Waals surface area contributed by atoms with Crippen LogP contribution in [-0.4, -0.2) is 33.9 Å². The molecule has 1 aliphatic rings. The van der Waals surface area contributed by atoms with Gasteiger partial charge in [0.2, 0.25) is 10.0 Å². The van der Waals surface area contributed by atoms with E-state index in [9.17, 15) is 8.42 Å². The van der Waals surface area contributed by atoms with Crippen molar-refractivity contribution in [3.8, 4) is 0 Å². The van der Waals surface area contributed by atoms with Crippen LogP contribution in [0.15, 0.2) is 24.3 Å². The molecular weight excluding hydrogens is 264 g/mol. The SMILES string of the molecule is COCc1ccccc1NS(=O)(=O)C1CCCNC1. The van der Waals surface area contributed by atoms with Crippen molar-refractivity contribution in [2.24, 2.45) is 0 Å². The van der Waals surface area contributed by atoms with Crippen LogP contribution in [0.5, 0.6) is 0 Å². The van der Waals surface area contributed by atoms with Crippen molar-refractivity contribution in [1.82, 2.24) is 5.32 Å². The molecule has 1 aliphatic heterocycles. The molecule has 5 nitrogen and oxygen atoms in total. The third-order valence-corrected chi connectivity index (χ3v) is 5.04. The van der Waals surface area contributed by atoms with E-state index in [-0.39, 0.29) is 5.25 Å². The number of hydrogen-bond donors (Lipinski definition) is 2. The standard InChI is InChI=1S/C13H20N2O3S/c1-18-10-11-5-2-3-7-13(11)15-19(16,17)12-6-4-8-14-9-12/h2-3,5,7,12,14-15H,4,6,8-10H2,1H3. The molecule has 2 rings (SSSR count). The van der Waals surface area contributed by atoms with Gasteiger partial charge in [-0.15, -0.1) is 0 Å². The number of piperidine rings is 1. The molecule has 1 saturated heterocycles. The minimum absolute atomic E-state index is 0.364. The molecule has 0 saturated carbocycles. The van der Waals surface area contributed by atoms with Gasteiger partial charge in [-0.25, -0.2) is 8.42 Å². The predicted molar refractivity (Wildman–Crippen MR) is 75.6 cm³/mol. The largest absolute Gasteiger partial charge is 0.380 e. The van der Waals surface area contributed by atoms with Gasteiger partial charge in [0.15, 0.2) is 0 Å². The molecule has 106 valence electrons. The van der Waals surface area contributed by atoms with Crippen LogP contribution in [0.4, 0.5) is 5.69 Å². The Morgan fingerprint density at radius 1 is 1.42 bits per heavy atom. The Morgan fingerprint density at radius 2 is 2.21 bits per heavy atom. The number of para-hydroxylation sites is 1. The Balaban J connectivity index is 2.15. The minimum atomic E-state index is -3.35. The highest BCUT2D eigenvalue weighted by Gasteiger charge is 2.27. The molecule has 0 radical (unpaired) electrons. The van der Waals surface area contributed by atoms with Gasteiger partial charge in [-0.3, -0.25) is 4.72 Å². The molecule has 0 amide bonds. The maximum atomic E-state index is 12.3. The average molecular weight is 284 g/mol. The number of ether oxygens (including phenoxy) is 1. The van der Waals surface area contributed by atoms with Gasteiger partial charge < -0.3 is 10.1 Å². The zero-order chi connectivity index (χ0) is 13.7. The van der Waals surface area contributed by atoms with Crippen molar-refractivity contribution in [1.29, 1.82) is 0 Å². The number of rotatable bonds is 5. The zero-order valence-corrected chi connectivity index (χ0v) is 11.9. The van der Waals surface area contributed by atoms with E-state index in [4.69, 9.17) is 4.74 Å². The van der Waals surface area contributed by atoms with E-state index >= 15 is 0 Å². The van der Waals surface area contributed by atoms with Crippen molar-refractivity contribution >= 4 is 15.7 Å². The number of hydrogen-bond acceptors (Lipinski definition) is 4. The highest BCUT2D eigenvalue weighted by molar-refractivity contribution is 7.93. The summed E-state index contributed by atoms with van der Waals surface area (Å²) in [7, 11) is -1.75. The number of methoxy groups -OCH3 is 1. The van der Waals surface area contributed by atoms with E-state index in [1.54, 1.807) is 13.2 Å². The van der Waals surface area contributed by atoms with E-state index in [2.05, 4.69) is 10.0 Å². The smallest absolute Gasteiger partial charge is 0.236 e. The molecule has 6 heteroatoms. The fraction of sp³-hybridized carbons (Fsp3) is 0.538. The summed E-state index contributed by atoms with van der Waals surface area (Å²) in [6.45, 7) is 1.80. The van der Waals surface area contributed by atoms with E-state index < -0.39 is 10.0 Å². The van der Waals surface area contributed by atoms with Crippen LogP contribution in [0.3, 0.4) is 0 Å². The highest BCUT2D eigenvalue weighted by atomic mass is 32.2. The number of anilines is 1. The van der Waals surface area contributed by atoms with Crippen LogP contribution < -0.4 is 10.0 Å². The quantitative estimate of drug-likeness (QED) is 0.856. The second-order valence-electron chi connectivity index (χ2n) is 4.71. The van der Waals surface area contributed by atoms with Crippen molar-refractivity contribution in [2.45, 2.75) is 24.7 Å². The van der Waals surface area contributed by atoms with Crippen LogP contribution in [0.1, 0.15) is 18.4 Å². The van der Waals surface area contributed by atoms with Crippen LogP contribution in [-0.2, 0) is 21.4 Å². The van der Waals surface area contributed by atoms with Crippen molar-refractivity contribution in [3.63, 3.8) is 0 Å². The number of sulfonamides is 1. The first kappa shape index (κ1) is 14.3. The van der Waals surface area contributed by atoms with Crippen molar-refractivity contribution < 1.29 is 13.2 Å². The summed E-state index contributed by atoms with van der Waals surface area (Å²) < 4.78 is 32.4. The van der Waals surface area contributed by atoms with Gasteiger partial charge in [0, 0.05) is 19.2 Å². The second-order valence-corrected chi connectivity index (χ2v) is 6.67. The summed E-state index contributed by atoms with van der Waals surface area (Å²) in [5, 5.41) is 2.76. The third-order valence-electron chi connectivity index (χ3n) is 3.26. The Morgan fingerprint density at radius 3 is 2.89 bits per heavy atom. The lowest BCUT2D eigenvalue weighted by Crippen LogP contribution is -2.41. The molecule has 0 aliphatic carbocycles. The molecule has 1 aromatic rings. The molecule has 1 heterocycles. The van der Waals surface area contributed by atoms with E-state index in [1.165, 1.54) is 0 Å². The first-order valence-electron chi connectivity index (χ1n) is 6.42. The first-order valence-corrected chi connectivity index (χ1v) is 7.97. The Hall–Kier alpha value is -1.11. The highest BCUT2D eigenvalue weighted by Crippen LogP contribution is 2.20. The van der Waals surface area contributed by atoms with Gasteiger partial charge in [-0.1, -0.05) is 18.2 Å².